The van der Waals surface area contributed by atoms with E-state index in [2.05, 4.69) is 16.9 Å². The summed E-state index contributed by atoms with van der Waals surface area (Å²) < 4.78 is 1.86. The van der Waals surface area contributed by atoms with Crippen LogP contribution in [-0.2, 0) is 0 Å². The van der Waals surface area contributed by atoms with Crippen LogP contribution in [0.3, 0.4) is 0 Å². The van der Waals surface area contributed by atoms with E-state index in [-0.39, 0.29) is 22.3 Å². The Morgan fingerprint density at radius 2 is 2.25 bits per heavy atom. The summed E-state index contributed by atoms with van der Waals surface area (Å²) in [4.78, 5) is 20.9. The SMILES string of the molecule is Cc1cc(=O)n([C@@H]2CC[C@H]3C[C@]32C)c2nc(Cl)ncc12. The monoisotopic (exact) mass is 289 g/mol. The summed E-state index contributed by atoms with van der Waals surface area (Å²) in [5.41, 5.74) is 1.90. The van der Waals surface area contributed by atoms with Gasteiger partial charge in [0.25, 0.3) is 5.56 Å². The summed E-state index contributed by atoms with van der Waals surface area (Å²) in [6.45, 7) is 4.21. The van der Waals surface area contributed by atoms with Crippen LogP contribution in [0.2, 0.25) is 5.28 Å². The Hall–Kier alpha value is -1.42. The molecule has 0 aromatic carbocycles. The number of hydrogen-bond acceptors (Lipinski definition) is 3. The van der Waals surface area contributed by atoms with Gasteiger partial charge < -0.3 is 0 Å². The number of nitrogens with zero attached hydrogens (tertiary/aromatic N) is 3. The Balaban J connectivity index is 2.03. The van der Waals surface area contributed by atoms with Crippen LogP contribution in [0, 0.1) is 18.3 Å². The van der Waals surface area contributed by atoms with Gasteiger partial charge in [-0.1, -0.05) is 6.92 Å². The van der Waals surface area contributed by atoms with E-state index >= 15 is 0 Å². The highest BCUT2D eigenvalue weighted by Gasteiger charge is 2.60. The van der Waals surface area contributed by atoms with E-state index in [1.165, 1.54) is 12.8 Å². The lowest BCUT2D eigenvalue weighted by Crippen LogP contribution is -2.29. The molecule has 0 aliphatic heterocycles. The van der Waals surface area contributed by atoms with Crippen molar-refractivity contribution in [2.24, 2.45) is 11.3 Å². The zero-order chi connectivity index (χ0) is 14.1. The number of aromatic nitrogens is 3. The molecule has 104 valence electrons. The van der Waals surface area contributed by atoms with Crippen molar-refractivity contribution in [3.63, 3.8) is 0 Å². The molecule has 2 fully saturated rings. The Morgan fingerprint density at radius 1 is 1.45 bits per heavy atom. The van der Waals surface area contributed by atoms with Crippen molar-refractivity contribution in [2.75, 3.05) is 0 Å². The smallest absolute Gasteiger partial charge is 0.252 e. The van der Waals surface area contributed by atoms with Crippen LogP contribution in [-0.4, -0.2) is 14.5 Å². The van der Waals surface area contributed by atoms with E-state index in [1.807, 2.05) is 11.5 Å². The zero-order valence-electron chi connectivity index (χ0n) is 11.6. The lowest BCUT2D eigenvalue weighted by Gasteiger charge is -2.23. The van der Waals surface area contributed by atoms with Crippen molar-refractivity contribution in [1.29, 1.82) is 0 Å². The molecular formula is C15H16ClN3O. The Labute approximate surface area is 121 Å². The minimum atomic E-state index is 0.0311. The van der Waals surface area contributed by atoms with Crippen LogP contribution in [0.1, 0.15) is 37.8 Å². The quantitative estimate of drug-likeness (QED) is 0.758. The zero-order valence-corrected chi connectivity index (χ0v) is 12.3. The van der Waals surface area contributed by atoms with Crippen LogP contribution in [0.5, 0.6) is 0 Å². The molecule has 2 saturated carbocycles. The van der Waals surface area contributed by atoms with Crippen molar-refractivity contribution in [3.8, 4) is 0 Å². The Morgan fingerprint density at radius 3 is 2.90 bits per heavy atom. The van der Waals surface area contributed by atoms with Gasteiger partial charge in [0, 0.05) is 23.7 Å². The predicted octanol–water partition coefficient (Wildman–Crippen LogP) is 3.11. The summed E-state index contributed by atoms with van der Waals surface area (Å²) in [6, 6.07) is 1.94. The maximum Gasteiger partial charge on any atom is 0.252 e. The molecule has 4 nitrogen and oxygen atoms in total. The fourth-order valence-corrected chi connectivity index (χ4v) is 4.11. The van der Waals surface area contributed by atoms with Crippen molar-refractivity contribution in [2.45, 2.75) is 39.2 Å². The van der Waals surface area contributed by atoms with Gasteiger partial charge in [-0.15, -0.1) is 0 Å². The molecule has 0 N–H and O–H groups in total. The average Bonchev–Trinajstić information content (AvgIpc) is 2.95. The van der Waals surface area contributed by atoms with E-state index in [9.17, 15) is 4.79 Å². The number of aryl methyl sites for hydroxylation is 1. The molecular weight excluding hydrogens is 274 g/mol. The molecule has 2 aromatic heterocycles. The molecule has 2 heterocycles. The Bertz CT molecular complexity index is 783. The van der Waals surface area contributed by atoms with E-state index in [4.69, 9.17) is 11.6 Å². The van der Waals surface area contributed by atoms with Gasteiger partial charge in [-0.25, -0.2) is 4.98 Å². The molecule has 0 radical (unpaired) electrons. The minimum Gasteiger partial charge on any atom is -0.289 e. The standard InChI is InChI=1S/C15H16ClN3O/c1-8-5-12(20)19(11-4-3-9-6-15(9,11)2)13-10(8)7-17-14(16)18-13/h5,7,9,11H,3-4,6H2,1-2H3/t9-,11+,15+/m0/s1. The minimum absolute atomic E-state index is 0.0311. The number of fused-ring (bicyclic) bond motifs is 2. The maximum absolute atomic E-state index is 12.5. The fraction of sp³-hybridized carbons (Fsp3) is 0.533. The number of hydrogen-bond donors (Lipinski definition) is 0. The van der Waals surface area contributed by atoms with Gasteiger partial charge in [0.1, 0.15) is 5.65 Å². The van der Waals surface area contributed by atoms with Crippen molar-refractivity contribution < 1.29 is 0 Å². The van der Waals surface area contributed by atoms with Crippen LogP contribution in [0.25, 0.3) is 11.0 Å². The molecule has 0 bridgehead atoms. The average molecular weight is 290 g/mol. The van der Waals surface area contributed by atoms with Crippen LogP contribution in [0.15, 0.2) is 17.1 Å². The lowest BCUT2D eigenvalue weighted by atomic mass is 9.99. The third-order valence-corrected chi connectivity index (χ3v) is 5.47. The van der Waals surface area contributed by atoms with Gasteiger partial charge in [-0.2, -0.15) is 4.98 Å². The van der Waals surface area contributed by atoms with E-state index in [0.29, 0.717) is 5.65 Å². The van der Waals surface area contributed by atoms with Gasteiger partial charge >= 0.3 is 0 Å². The molecule has 3 atom stereocenters. The summed E-state index contributed by atoms with van der Waals surface area (Å²) in [5.74, 6) is 0.771. The van der Waals surface area contributed by atoms with Crippen molar-refractivity contribution >= 4 is 22.6 Å². The van der Waals surface area contributed by atoms with Gasteiger partial charge in [-0.3, -0.25) is 9.36 Å². The highest BCUT2D eigenvalue weighted by atomic mass is 35.5. The predicted molar refractivity (Wildman–Crippen MR) is 78.0 cm³/mol. The van der Waals surface area contributed by atoms with E-state index < -0.39 is 0 Å². The highest BCUT2D eigenvalue weighted by Crippen LogP contribution is 2.68. The first-order chi connectivity index (χ1) is 9.50. The molecule has 2 aliphatic carbocycles. The molecule has 2 aromatic rings. The molecule has 4 rings (SSSR count). The number of pyridine rings is 1. The first-order valence-corrected chi connectivity index (χ1v) is 7.43. The third-order valence-electron chi connectivity index (χ3n) is 5.29. The van der Waals surface area contributed by atoms with Gasteiger partial charge in [0.05, 0.1) is 0 Å². The van der Waals surface area contributed by atoms with Crippen LogP contribution < -0.4 is 5.56 Å². The second-order valence-corrected chi connectivity index (χ2v) is 6.75. The first kappa shape index (κ1) is 12.3. The Kier molecular flexibility index (Phi) is 2.35. The van der Waals surface area contributed by atoms with Crippen molar-refractivity contribution in [1.82, 2.24) is 14.5 Å². The molecule has 20 heavy (non-hydrogen) atoms. The number of rotatable bonds is 1. The lowest BCUT2D eigenvalue weighted by molar-refractivity contribution is 0.350. The van der Waals surface area contributed by atoms with Crippen LogP contribution in [0.4, 0.5) is 0 Å². The summed E-state index contributed by atoms with van der Waals surface area (Å²) in [5, 5.41) is 1.12. The van der Waals surface area contributed by atoms with E-state index in [1.54, 1.807) is 12.3 Å². The van der Waals surface area contributed by atoms with Gasteiger partial charge in [0.15, 0.2) is 0 Å². The third kappa shape index (κ3) is 1.51. The maximum atomic E-state index is 12.5. The molecule has 0 spiro atoms. The van der Waals surface area contributed by atoms with Gasteiger partial charge in [0.2, 0.25) is 5.28 Å². The first-order valence-electron chi connectivity index (χ1n) is 7.05. The summed E-state index contributed by atoms with van der Waals surface area (Å²) in [6.07, 6.45) is 5.21. The highest BCUT2D eigenvalue weighted by molar-refractivity contribution is 6.28. The van der Waals surface area contributed by atoms with Crippen LogP contribution >= 0.6 is 11.6 Å². The topological polar surface area (TPSA) is 47.8 Å². The molecule has 0 amide bonds. The van der Waals surface area contributed by atoms with Crippen molar-refractivity contribution in [3.05, 3.63) is 33.5 Å². The summed E-state index contributed by atoms with van der Waals surface area (Å²) >= 11 is 5.95. The second kappa shape index (κ2) is 3.82. The molecule has 0 unspecified atom stereocenters. The second-order valence-electron chi connectivity index (χ2n) is 6.41. The van der Waals surface area contributed by atoms with Gasteiger partial charge in [-0.05, 0) is 54.7 Å². The largest absolute Gasteiger partial charge is 0.289 e. The van der Waals surface area contributed by atoms with E-state index in [0.717, 1.165) is 23.3 Å². The molecule has 5 heteroatoms. The number of halogens is 1. The fourth-order valence-electron chi connectivity index (χ4n) is 3.98. The molecule has 0 saturated heterocycles. The normalized spacial score (nSPS) is 31.6. The molecule has 2 aliphatic rings. The summed E-state index contributed by atoms with van der Waals surface area (Å²) in [7, 11) is 0.